The zero-order chi connectivity index (χ0) is 21.5. The zero-order valence-corrected chi connectivity index (χ0v) is 17.8. The number of benzene rings is 1. The average molecular weight is 422 g/mol. The van der Waals surface area contributed by atoms with Gasteiger partial charge in [-0.15, -0.1) is 10.2 Å². The van der Waals surface area contributed by atoms with Crippen molar-refractivity contribution >= 4 is 22.7 Å². The summed E-state index contributed by atoms with van der Waals surface area (Å²) in [7, 11) is 3.63. The van der Waals surface area contributed by atoms with Crippen LogP contribution in [0.2, 0.25) is 0 Å². The number of aromatic hydroxyl groups is 1. The van der Waals surface area contributed by atoms with Gasteiger partial charge in [0.05, 0.1) is 5.69 Å². The number of fused-ring (bicyclic) bond motifs is 3. The van der Waals surface area contributed by atoms with Crippen molar-refractivity contribution in [1.82, 2.24) is 20.8 Å². The van der Waals surface area contributed by atoms with E-state index in [-0.39, 0.29) is 17.4 Å². The SMILES string of the molecule is CNC(=O)c1cc2cc(-c3ccc(N(C)C4C[C@H]5CCC[C@@H](C4)N5)nn3)c(O)cc2o1. The molecule has 0 spiro atoms. The van der Waals surface area contributed by atoms with Crippen LogP contribution in [0, 0.1) is 0 Å². The van der Waals surface area contributed by atoms with E-state index in [1.54, 1.807) is 19.2 Å². The Morgan fingerprint density at radius 2 is 1.97 bits per heavy atom. The smallest absolute Gasteiger partial charge is 0.286 e. The number of phenolic OH excluding ortho intramolecular Hbond substituents is 1. The molecular weight excluding hydrogens is 394 g/mol. The first kappa shape index (κ1) is 19.8. The molecule has 31 heavy (non-hydrogen) atoms. The number of carbonyl (C=O) groups is 1. The summed E-state index contributed by atoms with van der Waals surface area (Å²) < 4.78 is 5.52. The van der Waals surface area contributed by atoms with E-state index in [1.807, 2.05) is 12.1 Å². The maximum atomic E-state index is 11.8. The third-order valence-corrected chi connectivity index (χ3v) is 6.61. The zero-order valence-electron chi connectivity index (χ0n) is 17.8. The van der Waals surface area contributed by atoms with E-state index in [1.165, 1.54) is 25.3 Å². The minimum atomic E-state index is -0.313. The summed E-state index contributed by atoms with van der Waals surface area (Å²) in [4.78, 5) is 14.1. The van der Waals surface area contributed by atoms with Gasteiger partial charge in [-0.3, -0.25) is 4.79 Å². The fourth-order valence-corrected chi connectivity index (χ4v) is 4.91. The van der Waals surface area contributed by atoms with Crippen LogP contribution in [0.15, 0.2) is 34.7 Å². The minimum Gasteiger partial charge on any atom is -0.507 e. The highest BCUT2D eigenvalue weighted by atomic mass is 16.3. The standard InChI is InChI=1S/C23H27N5O3/c1-24-23(30)21-9-13-8-17(19(29)12-20(13)31-21)18-6-7-22(27-26-18)28(2)16-10-14-4-3-5-15(11-16)25-14/h6-9,12,14-16,25,29H,3-5,10-11H2,1-2H3,(H,24,30)/t14-,15+,16?. The number of carbonyl (C=O) groups excluding carboxylic acids is 1. The van der Waals surface area contributed by atoms with Crippen LogP contribution in [-0.2, 0) is 0 Å². The topological polar surface area (TPSA) is 104 Å². The van der Waals surface area contributed by atoms with Crippen LogP contribution in [0.4, 0.5) is 5.82 Å². The normalized spacial score (nSPS) is 23.0. The lowest BCUT2D eigenvalue weighted by molar-refractivity contribution is 0.0938. The lowest BCUT2D eigenvalue weighted by atomic mass is 9.83. The van der Waals surface area contributed by atoms with Gasteiger partial charge in [0.1, 0.15) is 11.3 Å². The summed E-state index contributed by atoms with van der Waals surface area (Å²) in [6, 6.07) is 10.4. The van der Waals surface area contributed by atoms with Crippen molar-refractivity contribution < 1.29 is 14.3 Å². The molecule has 2 saturated heterocycles. The number of anilines is 1. The van der Waals surface area contributed by atoms with Gasteiger partial charge in [-0.05, 0) is 49.9 Å². The Bertz CT molecular complexity index is 1100. The first-order valence-electron chi connectivity index (χ1n) is 10.8. The monoisotopic (exact) mass is 421 g/mol. The molecule has 1 amide bonds. The summed E-state index contributed by atoms with van der Waals surface area (Å²) in [6.45, 7) is 0. The molecule has 2 bridgehead atoms. The number of rotatable bonds is 4. The van der Waals surface area contributed by atoms with E-state index in [0.717, 1.165) is 24.0 Å². The van der Waals surface area contributed by atoms with Gasteiger partial charge in [0, 0.05) is 49.2 Å². The van der Waals surface area contributed by atoms with E-state index in [0.29, 0.717) is 35.0 Å². The second-order valence-corrected chi connectivity index (χ2v) is 8.60. The molecule has 2 aliphatic rings. The molecule has 3 aromatic rings. The van der Waals surface area contributed by atoms with E-state index in [2.05, 4.69) is 32.8 Å². The van der Waals surface area contributed by atoms with Crippen molar-refractivity contribution in [1.29, 1.82) is 0 Å². The Morgan fingerprint density at radius 1 is 1.19 bits per heavy atom. The third kappa shape index (κ3) is 3.72. The first-order chi connectivity index (χ1) is 15.0. The van der Waals surface area contributed by atoms with Crippen molar-refractivity contribution in [3.05, 3.63) is 36.1 Å². The molecule has 3 atom stereocenters. The highest BCUT2D eigenvalue weighted by Gasteiger charge is 2.33. The van der Waals surface area contributed by atoms with Crippen LogP contribution in [0.1, 0.15) is 42.7 Å². The van der Waals surface area contributed by atoms with Crippen molar-refractivity contribution in [3.8, 4) is 17.0 Å². The summed E-state index contributed by atoms with van der Waals surface area (Å²) in [6.07, 6.45) is 6.08. The quantitative estimate of drug-likeness (QED) is 0.595. The van der Waals surface area contributed by atoms with Gasteiger partial charge >= 0.3 is 0 Å². The average Bonchev–Trinajstić information content (AvgIpc) is 3.20. The largest absolute Gasteiger partial charge is 0.507 e. The fourth-order valence-electron chi connectivity index (χ4n) is 4.91. The van der Waals surface area contributed by atoms with Gasteiger partial charge in [0.15, 0.2) is 11.6 Å². The number of hydrogen-bond acceptors (Lipinski definition) is 7. The van der Waals surface area contributed by atoms with Gasteiger partial charge in [-0.25, -0.2) is 0 Å². The maximum absolute atomic E-state index is 11.8. The fraction of sp³-hybridized carbons (Fsp3) is 0.435. The third-order valence-electron chi connectivity index (χ3n) is 6.61. The molecule has 0 saturated carbocycles. The Balaban J connectivity index is 1.38. The predicted molar refractivity (Wildman–Crippen MR) is 118 cm³/mol. The summed E-state index contributed by atoms with van der Waals surface area (Å²) in [5.41, 5.74) is 1.57. The molecule has 1 unspecified atom stereocenters. The van der Waals surface area contributed by atoms with E-state index >= 15 is 0 Å². The second-order valence-electron chi connectivity index (χ2n) is 8.60. The molecule has 162 valence electrons. The molecular formula is C23H27N5O3. The van der Waals surface area contributed by atoms with Gasteiger partial charge in [0.25, 0.3) is 5.91 Å². The summed E-state index contributed by atoms with van der Waals surface area (Å²) in [5, 5.41) is 26.3. The van der Waals surface area contributed by atoms with Gasteiger partial charge in [0.2, 0.25) is 0 Å². The highest BCUT2D eigenvalue weighted by molar-refractivity contribution is 5.97. The Kier molecular flexibility index (Phi) is 5.02. The van der Waals surface area contributed by atoms with Crippen LogP contribution in [0.25, 0.3) is 22.2 Å². The molecule has 5 rings (SSSR count). The number of hydrogen-bond donors (Lipinski definition) is 3. The number of nitrogens with zero attached hydrogens (tertiary/aromatic N) is 3. The van der Waals surface area contributed by atoms with Crippen LogP contribution >= 0.6 is 0 Å². The highest BCUT2D eigenvalue weighted by Crippen LogP contribution is 2.35. The number of piperidine rings is 2. The number of furan rings is 1. The summed E-state index contributed by atoms with van der Waals surface area (Å²) in [5.74, 6) is 0.752. The molecule has 8 nitrogen and oxygen atoms in total. The van der Waals surface area contributed by atoms with Crippen molar-refractivity contribution in [2.45, 2.75) is 50.2 Å². The lowest BCUT2D eigenvalue weighted by Crippen LogP contribution is -2.54. The maximum Gasteiger partial charge on any atom is 0.286 e. The number of phenols is 1. The van der Waals surface area contributed by atoms with Crippen LogP contribution in [0.3, 0.4) is 0 Å². The number of nitrogens with one attached hydrogen (secondary N) is 2. The molecule has 2 fully saturated rings. The summed E-state index contributed by atoms with van der Waals surface area (Å²) >= 11 is 0. The van der Waals surface area contributed by atoms with Crippen molar-refractivity contribution in [2.75, 3.05) is 19.0 Å². The van der Waals surface area contributed by atoms with E-state index < -0.39 is 0 Å². The lowest BCUT2D eigenvalue weighted by Gasteiger charge is -2.43. The minimum absolute atomic E-state index is 0.0342. The molecule has 1 aromatic carbocycles. The van der Waals surface area contributed by atoms with Gasteiger partial charge in [-0.1, -0.05) is 6.42 Å². The van der Waals surface area contributed by atoms with E-state index in [9.17, 15) is 9.90 Å². The molecule has 0 aliphatic carbocycles. The molecule has 3 N–H and O–H groups in total. The number of aromatic nitrogens is 2. The van der Waals surface area contributed by atoms with E-state index in [4.69, 9.17) is 4.42 Å². The molecule has 2 aromatic heterocycles. The Labute approximate surface area is 180 Å². The van der Waals surface area contributed by atoms with Crippen molar-refractivity contribution in [2.24, 2.45) is 0 Å². The van der Waals surface area contributed by atoms with Crippen molar-refractivity contribution in [3.63, 3.8) is 0 Å². The number of amides is 1. The molecule has 0 radical (unpaired) electrons. The molecule has 8 heteroatoms. The molecule has 4 heterocycles. The molecule has 2 aliphatic heterocycles. The first-order valence-corrected chi connectivity index (χ1v) is 10.8. The van der Waals surface area contributed by atoms with Crippen LogP contribution in [-0.4, -0.2) is 53.4 Å². The predicted octanol–water partition coefficient (Wildman–Crippen LogP) is 3.06. The van der Waals surface area contributed by atoms with Crippen LogP contribution in [0.5, 0.6) is 5.75 Å². The Morgan fingerprint density at radius 3 is 2.65 bits per heavy atom. The second kappa shape index (κ2) is 7.85. The van der Waals surface area contributed by atoms with Gasteiger partial charge in [-0.2, -0.15) is 0 Å². The van der Waals surface area contributed by atoms with Crippen LogP contribution < -0.4 is 15.5 Å². The Hall–Kier alpha value is -3.13. The van der Waals surface area contributed by atoms with Gasteiger partial charge < -0.3 is 25.1 Å².